The van der Waals surface area contributed by atoms with Gasteiger partial charge < -0.3 is 23.8 Å². The van der Waals surface area contributed by atoms with E-state index in [1.807, 2.05) is 53.4 Å². The summed E-state index contributed by atoms with van der Waals surface area (Å²) in [5, 5.41) is 0. The van der Waals surface area contributed by atoms with Gasteiger partial charge in [-0.1, -0.05) is 56.2 Å². The molecule has 7 nitrogen and oxygen atoms in total. The second kappa shape index (κ2) is 16.9. The Bertz CT molecular complexity index is 1250. The minimum absolute atomic E-state index is 0.0835. The van der Waals surface area contributed by atoms with E-state index in [4.69, 9.17) is 18.9 Å². The summed E-state index contributed by atoms with van der Waals surface area (Å²) in [6, 6.07) is 12.9. The lowest BCUT2D eigenvalue weighted by atomic mass is 9.77. The lowest BCUT2D eigenvalue weighted by Gasteiger charge is -2.39. The number of likely N-dealkylation sites (tertiary alicyclic amines) is 1. The molecule has 1 saturated heterocycles. The molecule has 0 aromatic heterocycles. The molecule has 4 rings (SSSR count). The summed E-state index contributed by atoms with van der Waals surface area (Å²) in [6.45, 7) is 8.65. The molecule has 1 aliphatic carbocycles. The summed E-state index contributed by atoms with van der Waals surface area (Å²) in [7, 11) is 3.23. The number of aryl methyl sites for hydroxylation is 1. The number of carbonyl (C=O) groups excluding carboxylic acids is 2. The van der Waals surface area contributed by atoms with E-state index < -0.39 is 12.1 Å². The molecule has 1 heterocycles. The minimum Gasteiger partial charge on any atom is -0.493 e. The maximum absolute atomic E-state index is 14.1. The first-order chi connectivity index (χ1) is 21.5. The molecule has 1 aliphatic heterocycles. The highest BCUT2D eigenvalue weighted by molar-refractivity contribution is 5.86. The molecular formula is C37H49NO6. The molecule has 3 atom stereocenters. The van der Waals surface area contributed by atoms with Gasteiger partial charge in [0, 0.05) is 12.5 Å². The molecule has 2 aromatic carbocycles. The van der Waals surface area contributed by atoms with Gasteiger partial charge in [0.25, 0.3) is 0 Å². The average Bonchev–Trinajstić information content (AvgIpc) is 3.08. The number of nitrogens with zero attached hydrogens (tertiary/aromatic N) is 1. The van der Waals surface area contributed by atoms with Crippen molar-refractivity contribution in [3.05, 3.63) is 78.9 Å². The normalized spacial score (nSPS) is 18.5. The predicted molar refractivity (Wildman–Crippen MR) is 173 cm³/mol. The van der Waals surface area contributed by atoms with E-state index in [0.29, 0.717) is 62.0 Å². The molecule has 3 unspecified atom stereocenters. The lowest BCUT2D eigenvalue weighted by Crippen LogP contribution is -2.52. The highest BCUT2D eigenvalue weighted by atomic mass is 16.5. The van der Waals surface area contributed by atoms with Gasteiger partial charge in [0.15, 0.2) is 11.5 Å². The molecule has 238 valence electrons. The SMILES string of the molecule is C=CCOc1cccc(C(CCc2ccc(OC)c(OC)c2)OC(=O)C2CCCCN2C(=O)C(CC=C)C2CCCCC2)c1. The highest BCUT2D eigenvalue weighted by Crippen LogP contribution is 2.36. The molecule has 0 radical (unpaired) electrons. The van der Waals surface area contributed by atoms with Crippen molar-refractivity contribution in [1.82, 2.24) is 4.90 Å². The summed E-state index contributed by atoms with van der Waals surface area (Å²) in [5.41, 5.74) is 1.89. The number of amides is 1. The van der Waals surface area contributed by atoms with Crippen molar-refractivity contribution >= 4 is 11.9 Å². The maximum atomic E-state index is 14.1. The van der Waals surface area contributed by atoms with Gasteiger partial charge in [0.05, 0.1) is 14.2 Å². The highest BCUT2D eigenvalue weighted by Gasteiger charge is 2.39. The molecule has 1 amide bonds. The molecule has 1 saturated carbocycles. The van der Waals surface area contributed by atoms with Crippen LogP contribution in [0.3, 0.4) is 0 Å². The molecule has 0 bridgehead atoms. The number of ether oxygens (including phenoxy) is 4. The Morgan fingerprint density at radius 1 is 0.932 bits per heavy atom. The smallest absolute Gasteiger partial charge is 0.329 e. The molecule has 0 N–H and O–H groups in total. The Morgan fingerprint density at radius 3 is 2.43 bits per heavy atom. The van der Waals surface area contributed by atoms with E-state index in [2.05, 4.69) is 13.2 Å². The van der Waals surface area contributed by atoms with Crippen LogP contribution >= 0.6 is 0 Å². The third-order valence-corrected chi connectivity index (χ3v) is 9.01. The Hall–Kier alpha value is -3.74. The first-order valence-electron chi connectivity index (χ1n) is 16.2. The zero-order valence-corrected chi connectivity index (χ0v) is 26.5. The van der Waals surface area contributed by atoms with Crippen LogP contribution in [0, 0.1) is 11.8 Å². The monoisotopic (exact) mass is 603 g/mol. The second-order valence-electron chi connectivity index (χ2n) is 11.9. The zero-order chi connectivity index (χ0) is 31.3. The lowest BCUT2D eigenvalue weighted by molar-refractivity contribution is -0.164. The Morgan fingerprint density at radius 2 is 1.70 bits per heavy atom. The number of carbonyl (C=O) groups is 2. The van der Waals surface area contributed by atoms with Crippen molar-refractivity contribution in [2.45, 2.75) is 82.8 Å². The van der Waals surface area contributed by atoms with Crippen LogP contribution in [0.1, 0.15) is 81.4 Å². The number of piperidine rings is 1. The predicted octanol–water partition coefficient (Wildman–Crippen LogP) is 7.64. The number of hydrogen-bond acceptors (Lipinski definition) is 6. The number of allylic oxidation sites excluding steroid dienone is 1. The standard InChI is InChI=1S/C37H49NO6/c1-5-13-31(28-14-8-7-9-15-28)36(39)38-23-11-10-18-32(38)37(40)44-33(29-16-12-17-30(26-29)43-24-6-2)21-19-27-20-22-34(41-3)35(25-27)42-4/h5-6,12,16-17,20,22,25-26,28,31-33H,1-2,7-11,13-15,18-19,21,23-24H2,3-4H3. The van der Waals surface area contributed by atoms with Crippen LogP contribution in [0.4, 0.5) is 0 Å². The van der Waals surface area contributed by atoms with E-state index in [1.54, 1.807) is 20.3 Å². The summed E-state index contributed by atoms with van der Waals surface area (Å²) in [6.07, 6.45) is 13.0. The quantitative estimate of drug-likeness (QED) is 0.154. The molecule has 44 heavy (non-hydrogen) atoms. The van der Waals surface area contributed by atoms with Crippen molar-refractivity contribution in [3.8, 4) is 17.2 Å². The Kier molecular flexibility index (Phi) is 12.8. The van der Waals surface area contributed by atoms with Gasteiger partial charge in [-0.3, -0.25) is 4.79 Å². The van der Waals surface area contributed by atoms with Crippen molar-refractivity contribution in [1.29, 1.82) is 0 Å². The molecule has 7 heteroatoms. The summed E-state index contributed by atoms with van der Waals surface area (Å²) < 4.78 is 23.0. The van der Waals surface area contributed by atoms with Crippen LogP contribution in [0.2, 0.25) is 0 Å². The van der Waals surface area contributed by atoms with Crippen LogP contribution < -0.4 is 14.2 Å². The van der Waals surface area contributed by atoms with Gasteiger partial charge in [0.1, 0.15) is 24.5 Å². The van der Waals surface area contributed by atoms with E-state index in [9.17, 15) is 9.59 Å². The minimum atomic E-state index is -0.587. The number of rotatable bonds is 15. The molecule has 2 aromatic rings. The van der Waals surface area contributed by atoms with E-state index in [1.165, 1.54) is 6.42 Å². The van der Waals surface area contributed by atoms with Crippen molar-refractivity contribution in [2.75, 3.05) is 27.4 Å². The van der Waals surface area contributed by atoms with Crippen LogP contribution in [0.25, 0.3) is 0 Å². The second-order valence-corrected chi connectivity index (χ2v) is 11.9. The molecule has 2 aliphatic rings. The molecule has 2 fully saturated rings. The van der Waals surface area contributed by atoms with Gasteiger partial charge in [-0.15, -0.1) is 6.58 Å². The topological polar surface area (TPSA) is 74.3 Å². The largest absolute Gasteiger partial charge is 0.493 e. The number of benzene rings is 2. The fourth-order valence-corrected chi connectivity index (χ4v) is 6.67. The molecular weight excluding hydrogens is 554 g/mol. The van der Waals surface area contributed by atoms with E-state index in [0.717, 1.165) is 49.7 Å². The zero-order valence-electron chi connectivity index (χ0n) is 26.5. The number of methoxy groups -OCH3 is 2. The first kappa shape index (κ1) is 33.2. The third kappa shape index (κ3) is 8.67. The number of esters is 1. The van der Waals surface area contributed by atoms with Gasteiger partial charge >= 0.3 is 5.97 Å². The fourth-order valence-electron chi connectivity index (χ4n) is 6.67. The average molecular weight is 604 g/mol. The van der Waals surface area contributed by atoms with Gasteiger partial charge in [-0.25, -0.2) is 4.79 Å². The Labute approximate surface area is 263 Å². The van der Waals surface area contributed by atoms with E-state index in [-0.39, 0.29) is 17.8 Å². The van der Waals surface area contributed by atoms with Crippen LogP contribution in [0.15, 0.2) is 67.8 Å². The van der Waals surface area contributed by atoms with Gasteiger partial charge in [0.2, 0.25) is 5.91 Å². The maximum Gasteiger partial charge on any atom is 0.329 e. The van der Waals surface area contributed by atoms with Crippen molar-refractivity contribution in [2.24, 2.45) is 11.8 Å². The number of hydrogen-bond donors (Lipinski definition) is 0. The van der Waals surface area contributed by atoms with Crippen LogP contribution in [0.5, 0.6) is 17.2 Å². The van der Waals surface area contributed by atoms with Crippen LogP contribution in [-0.2, 0) is 20.7 Å². The van der Waals surface area contributed by atoms with Crippen LogP contribution in [-0.4, -0.2) is 50.2 Å². The first-order valence-corrected chi connectivity index (χ1v) is 16.2. The van der Waals surface area contributed by atoms with Gasteiger partial charge in [-0.2, -0.15) is 0 Å². The summed E-state index contributed by atoms with van der Waals surface area (Å²) in [5.74, 6) is 1.97. The summed E-state index contributed by atoms with van der Waals surface area (Å²) >= 11 is 0. The van der Waals surface area contributed by atoms with Gasteiger partial charge in [-0.05, 0) is 92.7 Å². The van der Waals surface area contributed by atoms with Crippen molar-refractivity contribution in [3.63, 3.8) is 0 Å². The fraction of sp³-hybridized carbons (Fsp3) is 0.514. The summed E-state index contributed by atoms with van der Waals surface area (Å²) in [4.78, 5) is 29.9. The molecule has 0 spiro atoms. The van der Waals surface area contributed by atoms with Crippen molar-refractivity contribution < 1.29 is 28.5 Å². The Balaban J connectivity index is 1.55. The third-order valence-electron chi connectivity index (χ3n) is 9.01. The van der Waals surface area contributed by atoms with E-state index >= 15 is 0 Å².